The normalized spacial score (nSPS) is 20.3. The van der Waals surface area contributed by atoms with Gasteiger partial charge in [0.05, 0.1) is 42.2 Å². The van der Waals surface area contributed by atoms with E-state index in [0.717, 1.165) is 63.0 Å². The molecule has 0 amide bonds. The van der Waals surface area contributed by atoms with E-state index in [9.17, 15) is 0 Å². The molecule has 1 aliphatic heterocycles. The number of hydrogen-bond acceptors (Lipinski definition) is 6. The van der Waals surface area contributed by atoms with E-state index < -0.39 is 5.60 Å². The summed E-state index contributed by atoms with van der Waals surface area (Å²) in [5.41, 5.74) is 4.84. The third kappa shape index (κ3) is 3.37. The minimum atomic E-state index is -0.620. The summed E-state index contributed by atoms with van der Waals surface area (Å²) in [4.78, 5) is 0. The average molecular weight is 449 g/mol. The second-order valence-corrected chi connectivity index (χ2v) is 8.30. The zero-order valence-corrected chi connectivity index (χ0v) is 19.6. The third-order valence-corrected chi connectivity index (χ3v) is 6.75. The van der Waals surface area contributed by atoms with Crippen molar-refractivity contribution in [3.8, 4) is 28.7 Å². The van der Waals surface area contributed by atoms with Gasteiger partial charge in [-0.05, 0) is 41.8 Å². The van der Waals surface area contributed by atoms with Crippen molar-refractivity contribution in [3.63, 3.8) is 0 Å². The fourth-order valence-corrected chi connectivity index (χ4v) is 5.07. The van der Waals surface area contributed by atoms with Gasteiger partial charge in [-0.1, -0.05) is 12.1 Å². The quantitative estimate of drug-likeness (QED) is 0.510. The van der Waals surface area contributed by atoms with Gasteiger partial charge in [-0.3, -0.25) is 0 Å². The zero-order valence-electron chi connectivity index (χ0n) is 19.6. The second kappa shape index (κ2) is 8.19. The number of hydrogen-bond donors (Lipinski definition) is 0. The van der Waals surface area contributed by atoms with Gasteiger partial charge in [0.15, 0.2) is 0 Å². The van der Waals surface area contributed by atoms with E-state index in [0.29, 0.717) is 6.61 Å². The zero-order chi connectivity index (χ0) is 23.2. The van der Waals surface area contributed by atoms with E-state index in [1.807, 2.05) is 24.3 Å². The molecular weight excluding hydrogens is 420 g/mol. The molecule has 33 heavy (non-hydrogen) atoms. The molecule has 3 aromatic rings. The van der Waals surface area contributed by atoms with E-state index in [2.05, 4.69) is 24.3 Å². The summed E-state index contributed by atoms with van der Waals surface area (Å²) in [5.74, 6) is 3.85. The standard InChI is InChI=1S/C27H28O6/c1-28-18-8-6-16(7-9-18)21-11-17-10-19(29-2)14-24(32-5)26(17)27(15-33-27)22-12-20(30-3)13-23(31-4)25(21)22/h6-10,12-14,21H,11,15H2,1-5H3/t21-,27?/m0/s1. The number of epoxide rings is 1. The average Bonchev–Trinajstić information content (AvgIpc) is 3.68. The molecule has 1 heterocycles. The summed E-state index contributed by atoms with van der Waals surface area (Å²) in [7, 11) is 8.39. The summed E-state index contributed by atoms with van der Waals surface area (Å²) in [6.45, 7) is 0.557. The predicted molar refractivity (Wildman–Crippen MR) is 124 cm³/mol. The van der Waals surface area contributed by atoms with Gasteiger partial charge in [0.2, 0.25) is 0 Å². The lowest BCUT2D eigenvalue weighted by atomic mass is 9.83. The molecule has 6 heteroatoms. The fraction of sp³-hybridized carbons (Fsp3) is 0.333. The molecule has 0 saturated carbocycles. The Balaban J connectivity index is 1.82. The van der Waals surface area contributed by atoms with Gasteiger partial charge in [0, 0.05) is 34.7 Å². The Kier molecular flexibility index (Phi) is 5.33. The fourth-order valence-electron chi connectivity index (χ4n) is 5.07. The van der Waals surface area contributed by atoms with Gasteiger partial charge in [0.1, 0.15) is 34.3 Å². The molecule has 3 aromatic carbocycles. The van der Waals surface area contributed by atoms with Crippen molar-refractivity contribution in [2.45, 2.75) is 17.9 Å². The highest BCUT2D eigenvalue weighted by Crippen LogP contribution is 2.58. The minimum absolute atomic E-state index is 0.0194. The first-order chi connectivity index (χ1) is 16.1. The monoisotopic (exact) mass is 448 g/mol. The van der Waals surface area contributed by atoms with Crippen LogP contribution in [0.15, 0.2) is 48.5 Å². The maximum absolute atomic E-state index is 6.25. The molecule has 1 spiro atoms. The lowest BCUT2D eigenvalue weighted by Gasteiger charge is -2.24. The van der Waals surface area contributed by atoms with Crippen LogP contribution in [-0.2, 0) is 16.8 Å². The summed E-state index contributed by atoms with van der Waals surface area (Å²) in [6.07, 6.45) is 0.732. The topological polar surface area (TPSA) is 58.7 Å². The Morgan fingerprint density at radius 1 is 0.727 bits per heavy atom. The van der Waals surface area contributed by atoms with Crippen LogP contribution in [0.5, 0.6) is 28.7 Å². The van der Waals surface area contributed by atoms with E-state index in [1.165, 1.54) is 0 Å². The highest BCUT2D eigenvalue weighted by Gasteiger charge is 2.55. The highest BCUT2D eigenvalue weighted by molar-refractivity contribution is 5.65. The van der Waals surface area contributed by atoms with Gasteiger partial charge in [-0.2, -0.15) is 0 Å². The molecule has 172 valence electrons. The van der Waals surface area contributed by atoms with E-state index in [4.69, 9.17) is 28.4 Å². The molecule has 0 bridgehead atoms. The molecule has 0 N–H and O–H groups in total. The van der Waals surface area contributed by atoms with E-state index in [-0.39, 0.29) is 5.92 Å². The Hall–Kier alpha value is -3.38. The predicted octanol–water partition coefficient (Wildman–Crippen LogP) is 4.69. The molecule has 0 aromatic heterocycles. The van der Waals surface area contributed by atoms with E-state index in [1.54, 1.807) is 35.5 Å². The lowest BCUT2D eigenvalue weighted by Crippen LogP contribution is -2.16. The number of methoxy groups -OCH3 is 5. The Bertz CT molecular complexity index is 1180. The summed E-state index contributed by atoms with van der Waals surface area (Å²) in [6, 6.07) is 16.2. The van der Waals surface area contributed by atoms with Crippen LogP contribution in [0.1, 0.15) is 33.7 Å². The summed E-state index contributed by atoms with van der Waals surface area (Å²) in [5, 5.41) is 0. The van der Waals surface area contributed by atoms with Crippen molar-refractivity contribution >= 4 is 0 Å². The van der Waals surface area contributed by atoms with Crippen molar-refractivity contribution in [3.05, 3.63) is 76.3 Å². The van der Waals surface area contributed by atoms with Crippen LogP contribution in [0.3, 0.4) is 0 Å². The molecule has 6 nitrogen and oxygen atoms in total. The molecule has 1 saturated heterocycles. The number of fused-ring (bicyclic) bond motifs is 4. The van der Waals surface area contributed by atoms with Crippen molar-refractivity contribution in [2.24, 2.45) is 0 Å². The van der Waals surface area contributed by atoms with Crippen molar-refractivity contribution in [1.29, 1.82) is 0 Å². The Labute approximate surface area is 193 Å². The van der Waals surface area contributed by atoms with Crippen molar-refractivity contribution < 1.29 is 28.4 Å². The first-order valence-corrected chi connectivity index (χ1v) is 10.9. The summed E-state index contributed by atoms with van der Waals surface area (Å²) < 4.78 is 34.6. The largest absolute Gasteiger partial charge is 0.497 e. The molecule has 5 rings (SSSR count). The van der Waals surface area contributed by atoms with Crippen LogP contribution in [-0.4, -0.2) is 42.2 Å². The van der Waals surface area contributed by atoms with Gasteiger partial charge in [0.25, 0.3) is 0 Å². The molecule has 1 fully saturated rings. The maximum atomic E-state index is 6.25. The minimum Gasteiger partial charge on any atom is -0.497 e. The van der Waals surface area contributed by atoms with E-state index >= 15 is 0 Å². The molecule has 0 radical (unpaired) electrons. The smallest absolute Gasteiger partial charge is 0.146 e. The van der Waals surface area contributed by atoms with Crippen molar-refractivity contribution in [2.75, 3.05) is 42.2 Å². The van der Waals surface area contributed by atoms with Gasteiger partial charge < -0.3 is 28.4 Å². The molecule has 1 aliphatic carbocycles. The molecule has 2 atom stereocenters. The van der Waals surface area contributed by atoms with Crippen LogP contribution >= 0.6 is 0 Å². The SMILES string of the molecule is COc1ccc([C@@H]2Cc3cc(OC)cc(OC)c3C3(CO3)c3cc(OC)cc(OC)c32)cc1. The van der Waals surface area contributed by atoms with Crippen LogP contribution in [0.25, 0.3) is 0 Å². The third-order valence-electron chi connectivity index (χ3n) is 6.75. The first-order valence-electron chi connectivity index (χ1n) is 10.9. The maximum Gasteiger partial charge on any atom is 0.146 e. The highest BCUT2D eigenvalue weighted by atomic mass is 16.6. The number of ether oxygens (including phenoxy) is 6. The molecule has 1 unspecified atom stereocenters. The number of benzene rings is 3. The summed E-state index contributed by atoms with van der Waals surface area (Å²) >= 11 is 0. The van der Waals surface area contributed by atoms with Crippen molar-refractivity contribution in [1.82, 2.24) is 0 Å². The van der Waals surface area contributed by atoms with Crippen LogP contribution in [0.2, 0.25) is 0 Å². The Morgan fingerprint density at radius 2 is 1.33 bits per heavy atom. The lowest BCUT2D eigenvalue weighted by molar-refractivity contribution is 0.327. The Morgan fingerprint density at radius 3 is 1.91 bits per heavy atom. The van der Waals surface area contributed by atoms with Gasteiger partial charge in [-0.25, -0.2) is 0 Å². The molecular formula is C27H28O6. The van der Waals surface area contributed by atoms with Crippen LogP contribution < -0.4 is 23.7 Å². The van der Waals surface area contributed by atoms with Crippen LogP contribution in [0.4, 0.5) is 0 Å². The first kappa shape index (κ1) is 21.5. The van der Waals surface area contributed by atoms with Gasteiger partial charge >= 0.3 is 0 Å². The second-order valence-electron chi connectivity index (χ2n) is 8.30. The number of rotatable bonds is 6. The molecule has 2 aliphatic rings. The van der Waals surface area contributed by atoms with Gasteiger partial charge in [-0.15, -0.1) is 0 Å². The van der Waals surface area contributed by atoms with Crippen LogP contribution in [0, 0.1) is 0 Å².